The van der Waals surface area contributed by atoms with Crippen LogP contribution < -0.4 is 14.8 Å². The van der Waals surface area contributed by atoms with Crippen molar-refractivity contribution < 1.29 is 9.47 Å². The number of benzene rings is 2. The molecule has 0 bridgehead atoms. The summed E-state index contributed by atoms with van der Waals surface area (Å²) in [6.45, 7) is 7.19. The molecule has 0 unspecified atom stereocenters. The highest BCUT2D eigenvalue weighted by molar-refractivity contribution is 5.43. The van der Waals surface area contributed by atoms with Gasteiger partial charge in [-0.05, 0) is 49.2 Å². The predicted molar refractivity (Wildman–Crippen MR) is 111 cm³/mol. The zero-order valence-corrected chi connectivity index (χ0v) is 16.6. The van der Waals surface area contributed by atoms with Gasteiger partial charge in [-0.1, -0.05) is 43.3 Å². The second-order valence-corrected chi connectivity index (χ2v) is 7.12. The summed E-state index contributed by atoms with van der Waals surface area (Å²) >= 11 is 0. The summed E-state index contributed by atoms with van der Waals surface area (Å²) in [6.07, 6.45) is 3.52. The lowest BCUT2D eigenvalue weighted by molar-refractivity contribution is 0.260. The average molecular weight is 369 g/mol. The van der Waals surface area contributed by atoms with Crippen LogP contribution in [0.25, 0.3) is 0 Å². The van der Waals surface area contributed by atoms with Crippen molar-refractivity contribution in [3.63, 3.8) is 0 Å². The number of ether oxygens (including phenoxy) is 2. The van der Waals surface area contributed by atoms with Crippen molar-refractivity contribution >= 4 is 0 Å². The van der Waals surface area contributed by atoms with Crippen LogP contribution in [0.5, 0.6) is 11.5 Å². The molecule has 1 atom stereocenters. The highest BCUT2D eigenvalue weighted by Gasteiger charge is 2.22. The maximum atomic E-state index is 5.95. The van der Waals surface area contributed by atoms with Crippen molar-refractivity contribution in [3.05, 3.63) is 59.7 Å². The molecule has 1 N–H and O–H groups in total. The molecule has 1 aliphatic heterocycles. The third-order valence-electron chi connectivity index (χ3n) is 5.33. The van der Waals surface area contributed by atoms with Crippen molar-refractivity contribution in [2.75, 3.05) is 33.4 Å². The van der Waals surface area contributed by atoms with Crippen molar-refractivity contribution in [1.29, 1.82) is 0 Å². The first-order chi connectivity index (χ1) is 13.3. The minimum Gasteiger partial charge on any atom is -0.493 e. The van der Waals surface area contributed by atoms with E-state index in [4.69, 9.17) is 9.47 Å². The van der Waals surface area contributed by atoms with Gasteiger partial charge in [0.25, 0.3) is 0 Å². The minimum atomic E-state index is 0.645. The van der Waals surface area contributed by atoms with Crippen molar-refractivity contribution in [1.82, 2.24) is 10.2 Å². The van der Waals surface area contributed by atoms with E-state index in [2.05, 4.69) is 53.5 Å². The SMILES string of the molecule is CCN1CCC[C@@H]1CNCc1ccc(OCCc2ccccc2)c(OC)c1. The lowest BCUT2D eigenvalue weighted by atomic mass is 10.1. The summed E-state index contributed by atoms with van der Waals surface area (Å²) in [5.74, 6) is 1.61. The number of hydrogen-bond acceptors (Lipinski definition) is 4. The number of likely N-dealkylation sites (tertiary alicyclic amines) is 1. The Labute approximate surface area is 163 Å². The second kappa shape index (κ2) is 10.3. The molecule has 2 aromatic carbocycles. The molecule has 4 nitrogen and oxygen atoms in total. The standard InChI is InChI=1S/C23H32N2O2/c1-3-25-14-7-10-21(25)18-24-17-20-11-12-22(23(16-20)26-2)27-15-13-19-8-5-4-6-9-19/h4-6,8-9,11-12,16,21,24H,3,7,10,13-15,17-18H2,1-2H3/t21-/m1/s1. The third kappa shape index (κ3) is 5.72. The Balaban J connectivity index is 1.48. The first-order valence-corrected chi connectivity index (χ1v) is 10.1. The molecule has 2 aromatic rings. The fourth-order valence-corrected chi connectivity index (χ4v) is 3.79. The normalized spacial score (nSPS) is 17.2. The number of nitrogens with one attached hydrogen (secondary N) is 1. The lowest BCUT2D eigenvalue weighted by Gasteiger charge is -2.23. The van der Waals surface area contributed by atoms with Crippen LogP contribution in [0, 0.1) is 0 Å². The highest BCUT2D eigenvalue weighted by atomic mass is 16.5. The molecule has 0 aliphatic carbocycles. The Bertz CT molecular complexity index is 690. The quantitative estimate of drug-likeness (QED) is 0.690. The third-order valence-corrected chi connectivity index (χ3v) is 5.33. The molecule has 1 heterocycles. The van der Waals surface area contributed by atoms with E-state index < -0.39 is 0 Å². The Morgan fingerprint density at radius 2 is 1.93 bits per heavy atom. The molecule has 3 rings (SSSR count). The highest BCUT2D eigenvalue weighted by Crippen LogP contribution is 2.28. The van der Waals surface area contributed by atoms with Crippen LogP contribution >= 0.6 is 0 Å². The topological polar surface area (TPSA) is 33.7 Å². The zero-order valence-electron chi connectivity index (χ0n) is 16.6. The summed E-state index contributed by atoms with van der Waals surface area (Å²) in [4.78, 5) is 2.57. The predicted octanol–water partition coefficient (Wildman–Crippen LogP) is 3.89. The number of rotatable bonds is 10. The minimum absolute atomic E-state index is 0.645. The molecule has 1 saturated heterocycles. The van der Waals surface area contributed by atoms with Gasteiger partial charge in [0.1, 0.15) is 0 Å². The second-order valence-electron chi connectivity index (χ2n) is 7.12. The number of likely N-dealkylation sites (N-methyl/N-ethyl adjacent to an activating group) is 1. The zero-order chi connectivity index (χ0) is 18.9. The maximum absolute atomic E-state index is 5.95. The van der Waals surface area contributed by atoms with Crippen LogP contribution in [0.1, 0.15) is 30.9 Å². The van der Waals surface area contributed by atoms with Crippen molar-refractivity contribution in [2.24, 2.45) is 0 Å². The van der Waals surface area contributed by atoms with Gasteiger partial charge in [-0.15, -0.1) is 0 Å². The van der Waals surface area contributed by atoms with E-state index in [0.717, 1.165) is 37.6 Å². The Kier molecular flexibility index (Phi) is 7.55. The molecule has 0 radical (unpaired) electrons. The van der Waals surface area contributed by atoms with E-state index in [1.54, 1.807) is 7.11 Å². The van der Waals surface area contributed by atoms with Crippen molar-refractivity contribution in [3.8, 4) is 11.5 Å². The largest absolute Gasteiger partial charge is 0.493 e. The average Bonchev–Trinajstić information content (AvgIpc) is 3.17. The summed E-state index contributed by atoms with van der Waals surface area (Å²) < 4.78 is 11.5. The first-order valence-electron chi connectivity index (χ1n) is 10.1. The van der Waals surface area contributed by atoms with E-state index in [1.165, 1.54) is 30.5 Å². The van der Waals surface area contributed by atoms with Gasteiger partial charge in [0.15, 0.2) is 11.5 Å². The van der Waals surface area contributed by atoms with E-state index >= 15 is 0 Å². The Hall–Kier alpha value is -2.04. The fourth-order valence-electron chi connectivity index (χ4n) is 3.79. The van der Waals surface area contributed by atoms with Crippen LogP contribution in [0.15, 0.2) is 48.5 Å². The molecular weight excluding hydrogens is 336 g/mol. The van der Waals surface area contributed by atoms with E-state index in [1.807, 2.05) is 12.1 Å². The van der Waals surface area contributed by atoms with Gasteiger partial charge in [0.2, 0.25) is 0 Å². The molecule has 0 saturated carbocycles. The number of hydrogen-bond donors (Lipinski definition) is 1. The molecule has 4 heteroatoms. The van der Waals surface area contributed by atoms with Crippen LogP contribution in [0.3, 0.4) is 0 Å². The molecule has 0 amide bonds. The molecule has 1 aliphatic rings. The lowest BCUT2D eigenvalue weighted by Crippen LogP contribution is -2.37. The van der Waals surface area contributed by atoms with Gasteiger partial charge in [-0.2, -0.15) is 0 Å². The van der Waals surface area contributed by atoms with Crippen LogP contribution in [0.4, 0.5) is 0 Å². The van der Waals surface area contributed by atoms with E-state index in [0.29, 0.717) is 12.6 Å². The van der Waals surface area contributed by atoms with Crippen LogP contribution in [-0.4, -0.2) is 44.3 Å². The molecule has 1 fully saturated rings. The Morgan fingerprint density at radius 3 is 2.70 bits per heavy atom. The van der Waals surface area contributed by atoms with Gasteiger partial charge in [0, 0.05) is 25.6 Å². The summed E-state index contributed by atoms with van der Waals surface area (Å²) in [5.41, 5.74) is 2.51. The maximum Gasteiger partial charge on any atom is 0.161 e. The summed E-state index contributed by atoms with van der Waals surface area (Å²) in [7, 11) is 1.70. The van der Waals surface area contributed by atoms with Gasteiger partial charge in [-0.3, -0.25) is 4.90 Å². The molecular formula is C23H32N2O2. The van der Waals surface area contributed by atoms with Gasteiger partial charge < -0.3 is 14.8 Å². The van der Waals surface area contributed by atoms with E-state index in [9.17, 15) is 0 Å². The van der Waals surface area contributed by atoms with Gasteiger partial charge in [0.05, 0.1) is 13.7 Å². The smallest absolute Gasteiger partial charge is 0.161 e. The van der Waals surface area contributed by atoms with Crippen LogP contribution in [0.2, 0.25) is 0 Å². The van der Waals surface area contributed by atoms with E-state index in [-0.39, 0.29) is 0 Å². The molecule has 0 aromatic heterocycles. The fraction of sp³-hybridized carbons (Fsp3) is 0.478. The van der Waals surface area contributed by atoms with Crippen molar-refractivity contribution in [2.45, 2.75) is 38.8 Å². The molecule has 27 heavy (non-hydrogen) atoms. The molecule has 0 spiro atoms. The van der Waals surface area contributed by atoms with Gasteiger partial charge >= 0.3 is 0 Å². The Morgan fingerprint density at radius 1 is 1.07 bits per heavy atom. The number of nitrogens with zero attached hydrogens (tertiary/aromatic N) is 1. The van der Waals surface area contributed by atoms with Crippen LogP contribution in [-0.2, 0) is 13.0 Å². The summed E-state index contributed by atoms with van der Waals surface area (Å²) in [6, 6.07) is 17.3. The monoisotopic (exact) mass is 368 g/mol. The molecule has 146 valence electrons. The first kappa shape index (κ1) is 19.7. The number of methoxy groups -OCH3 is 1. The summed E-state index contributed by atoms with van der Waals surface area (Å²) in [5, 5.41) is 3.61. The van der Waals surface area contributed by atoms with Gasteiger partial charge in [-0.25, -0.2) is 0 Å².